The van der Waals surface area contributed by atoms with Gasteiger partial charge in [0.25, 0.3) is 0 Å². The van der Waals surface area contributed by atoms with E-state index in [4.69, 9.17) is 9.97 Å². The second-order valence-electron chi connectivity index (χ2n) is 15.0. The van der Waals surface area contributed by atoms with Crippen LogP contribution in [0.1, 0.15) is 22.3 Å². The van der Waals surface area contributed by atoms with E-state index in [0.717, 1.165) is 62.3 Å². The van der Waals surface area contributed by atoms with Gasteiger partial charge in [-0.3, -0.25) is 9.97 Å². The molecule has 7 aromatic carbocycles. The van der Waals surface area contributed by atoms with Crippen LogP contribution in [0.2, 0.25) is 0 Å². The monoisotopic (exact) mass is 741 g/mol. The second kappa shape index (κ2) is 12.6. The van der Waals surface area contributed by atoms with E-state index in [1.165, 1.54) is 32.9 Å². The van der Waals surface area contributed by atoms with E-state index in [1.54, 1.807) is 0 Å². The number of nitrogens with zero attached hydrogens (tertiary/aromatic N) is 5. The number of benzene rings is 7. The molecule has 5 nitrogen and oxygen atoms in total. The van der Waals surface area contributed by atoms with Crippen LogP contribution in [-0.4, -0.2) is 14.5 Å². The fraction of sp³-hybridized carbons (Fsp3) is 0.0189. The minimum atomic E-state index is -0.757. The largest absolute Gasteiger partial charge is 0.310 e. The molecule has 10 aromatic rings. The van der Waals surface area contributed by atoms with Crippen LogP contribution in [0.15, 0.2) is 213 Å². The molecule has 4 heterocycles. The van der Waals surface area contributed by atoms with Crippen LogP contribution in [0.3, 0.4) is 0 Å². The molecule has 1 aliphatic heterocycles. The summed E-state index contributed by atoms with van der Waals surface area (Å²) in [4.78, 5) is 15.0. The predicted octanol–water partition coefficient (Wildman–Crippen LogP) is 13.2. The molecule has 272 valence electrons. The number of anilines is 6. The zero-order chi connectivity index (χ0) is 38.2. The van der Waals surface area contributed by atoms with Crippen LogP contribution in [0.25, 0.3) is 38.9 Å². The first kappa shape index (κ1) is 32.5. The maximum atomic E-state index is 5.09. The summed E-state index contributed by atoms with van der Waals surface area (Å²) in [6.45, 7) is 0. The highest BCUT2D eigenvalue weighted by molar-refractivity contribution is 6.09. The normalized spacial score (nSPS) is 13.3. The molecule has 1 aliphatic carbocycles. The Kier molecular flexibility index (Phi) is 7.07. The van der Waals surface area contributed by atoms with E-state index < -0.39 is 5.41 Å². The molecular weight excluding hydrogens is 707 g/mol. The van der Waals surface area contributed by atoms with E-state index in [9.17, 15) is 0 Å². The molecule has 0 saturated carbocycles. The fourth-order valence-electron chi connectivity index (χ4n) is 9.77. The van der Waals surface area contributed by atoms with Crippen molar-refractivity contribution in [3.05, 3.63) is 235 Å². The van der Waals surface area contributed by atoms with Gasteiger partial charge in [-0.05, 0) is 119 Å². The van der Waals surface area contributed by atoms with Gasteiger partial charge in [-0.25, -0.2) is 0 Å². The van der Waals surface area contributed by atoms with E-state index in [-0.39, 0.29) is 0 Å². The number of rotatable bonds is 5. The van der Waals surface area contributed by atoms with Gasteiger partial charge in [0, 0.05) is 51.6 Å². The average molecular weight is 742 g/mol. The van der Waals surface area contributed by atoms with Crippen molar-refractivity contribution in [3.8, 4) is 17.1 Å². The predicted molar refractivity (Wildman–Crippen MR) is 237 cm³/mol. The van der Waals surface area contributed by atoms with Crippen molar-refractivity contribution < 1.29 is 0 Å². The van der Waals surface area contributed by atoms with Gasteiger partial charge in [0.05, 0.1) is 39.2 Å². The van der Waals surface area contributed by atoms with Crippen molar-refractivity contribution in [2.24, 2.45) is 0 Å². The number of hydrogen-bond acceptors (Lipinski definition) is 4. The Balaban J connectivity index is 1.22. The lowest BCUT2D eigenvalue weighted by Crippen LogP contribution is -2.36. The molecule has 2 aliphatic rings. The SMILES string of the molecule is c1ccc(N(c2ccccc2)c2ccc3c(c2)C2(c4cc(-n5c6ccccc6c6ccccc65)ccc4N3c3ccccc3)c3cccnc3-c3ncccc32)cc1. The Morgan fingerprint density at radius 1 is 0.379 bits per heavy atom. The summed E-state index contributed by atoms with van der Waals surface area (Å²) in [5.41, 5.74) is 15.7. The first-order valence-corrected chi connectivity index (χ1v) is 19.7. The third kappa shape index (κ3) is 4.53. The molecule has 0 N–H and O–H groups in total. The van der Waals surface area contributed by atoms with Gasteiger partial charge in [-0.2, -0.15) is 0 Å². The summed E-state index contributed by atoms with van der Waals surface area (Å²) in [7, 11) is 0. The molecule has 0 amide bonds. The fourth-order valence-corrected chi connectivity index (χ4v) is 9.77. The maximum absolute atomic E-state index is 5.09. The molecule has 0 atom stereocenters. The van der Waals surface area contributed by atoms with Crippen LogP contribution in [0.4, 0.5) is 34.1 Å². The zero-order valence-electron chi connectivity index (χ0n) is 31.4. The molecule has 0 radical (unpaired) electrons. The molecule has 0 fully saturated rings. The summed E-state index contributed by atoms with van der Waals surface area (Å²) in [6, 6.07) is 72.3. The highest BCUT2D eigenvalue weighted by Gasteiger charge is 2.53. The summed E-state index contributed by atoms with van der Waals surface area (Å²) >= 11 is 0. The molecule has 12 rings (SSSR count). The molecule has 5 heteroatoms. The van der Waals surface area contributed by atoms with E-state index in [0.29, 0.717) is 0 Å². The van der Waals surface area contributed by atoms with Crippen LogP contribution >= 0.6 is 0 Å². The standard InChI is InChI=1S/C53H35N5/c1-4-16-36(17-5-1)56(37-18-6-2-7-19-37)39-28-30-49-45(34-39)53(43-24-14-32-54-51(43)52-44(53)25-15-33-55-52)46-35-40(29-31-50(46)57(49)38-20-8-3-9-21-38)58-47-26-12-10-22-41(47)42-23-11-13-27-48(42)58/h1-35H. The molecule has 3 aromatic heterocycles. The number of para-hydroxylation sites is 5. The molecule has 1 spiro atoms. The van der Waals surface area contributed by atoms with Gasteiger partial charge in [-0.15, -0.1) is 0 Å². The summed E-state index contributed by atoms with van der Waals surface area (Å²) in [5, 5.41) is 2.47. The van der Waals surface area contributed by atoms with Crippen LogP contribution in [-0.2, 0) is 5.41 Å². The lowest BCUT2D eigenvalue weighted by Gasteiger charge is -2.45. The zero-order valence-corrected chi connectivity index (χ0v) is 31.4. The Morgan fingerprint density at radius 2 is 0.879 bits per heavy atom. The smallest absolute Gasteiger partial charge is 0.0937 e. The maximum Gasteiger partial charge on any atom is 0.0937 e. The van der Waals surface area contributed by atoms with E-state index >= 15 is 0 Å². The first-order chi connectivity index (χ1) is 28.8. The Hall–Kier alpha value is -7.76. The van der Waals surface area contributed by atoms with Gasteiger partial charge in [0.15, 0.2) is 0 Å². The Bertz CT molecular complexity index is 3050. The molecule has 0 bridgehead atoms. The lowest BCUT2D eigenvalue weighted by atomic mass is 9.64. The highest BCUT2D eigenvalue weighted by Crippen LogP contribution is 2.63. The van der Waals surface area contributed by atoms with Gasteiger partial charge >= 0.3 is 0 Å². The third-order valence-corrected chi connectivity index (χ3v) is 12.0. The minimum Gasteiger partial charge on any atom is -0.310 e. The van der Waals surface area contributed by atoms with Crippen LogP contribution in [0, 0.1) is 0 Å². The Labute approximate surface area is 336 Å². The Morgan fingerprint density at radius 3 is 1.47 bits per heavy atom. The summed E-state index contributed by atoms with van der Waals surface area (Å²) in [5.74, 6) is 0. The molecular formula is C53H35N5. The van der Waals surface area contributed by atoms with Crippen molar-refractivity contribution in [1.29, 1.82) is 0 Å². The van der Waals surface area contributed by atoms with Crippen LogP contribution in [0.5, 0.6) is 0 Å². The van der Waals surface area contributed by atoms with Gasteiger partial charge in [0.1, 0.15) is 0 Å². The number of pyridine rings is 2. The topological polar surface area (TPSA) is 37.2 Å². The quantitative estimate of drug-likeness (QED) is 0.176. The van der Waals surface area contributed by atoms with Crippen molar-refractivity contribution in [2.75, 3.05) is 9.80 Å². The van der Waals surface area contributed by atoms with Crippen molar-refractivity contribution in [1.82, 2.24) is 14.5 Å². The molecule has 58 heavy (non-hydrogen) atoms. The second-order valence-corrected chi connectivity index (χ2v) is 15.0. The van der Waals surface area contributed by atoms with Crippen molar-refractivity contribution in [3.63, 3.8) is 0 Å². The van der Waals surface area contributed by atoms with Crippen molar-refractivity contribution >= 4 is 55.9 Å². The highest BCUT2D eigenvalue weighted by atomic mass is 15.2. The van der Waals surface area contributed by atoms with Gasteiger partial charge in [0.2, 0.25) is 0 Å². The molecule has 0 unspecified atom stereocenters. The van der Waals surface area contributed by atoms with Gasteiger partial charge < -0.3 is 14.4 Å². The first-order valence-electron chi connectivity index (χ1n) is 19.7. The summed E-state index contributed by atoms with van der Waals surface area (Å²) < 4.78 is 2.42. The average Bonchev–Trinajstić information content (AvgIpc) is 3.79. The van der Waals surface area contributed by atoms with Gasteiger partial charge in [-0.1, -0.05) is 103 Å². The minimum absolute atomic E-state index is 0.757. The van der Waals surface area contributed by atoms with Crippen molar-refractivity contribution in [2.45, 2.75) is 5.41 Å². The van der Waals surface area contributed by atoms with E-state index in [2.05, 4.69) is 215 Å². The molecule has 0 saturated heterocycles. The number of fused-ring (bicyclic) bond motifs is 12. The van der Waals surface area contributed by atoms with E-state index in [1.807, 2.05) is 12.4 Å². The number of aromatic nitrogens is 3. The summed E-state index contributed by atoms with van der Waals surface area (Å²) in [6.07, 6.45) is 3.80. The lowest BCUT2D eigenvalue weighted by molar-refractivity contribution is 0.748. The van der Waals surface area contributed by atoms with Crippen LogP contribution < -0.4 is 9.80 Å². The number of hydrogen-bond donors (Lipinski definition) is 0. The third-order valence-electron chi connectivity index (χ3n) is 12.0.